The molecule has 0 saturated carbocycles. The van der Waals surface area contributed by atoms with Gasteiger partial charge >= 0.3 is 5.97 Å². The molecule has 1 atom stereocenters. The van der Waals surface area contributed by atoms with Crippen LogP contribution in [0.4, 0.5) is 0 Å². The number of phenolic OH excluding ortho intramolecular Hbond substituents is 1. The lowest BCUT2D eigenvalue weighted by molar-refractivity contribution is -0.139. The summed E-state index contributed by atoms with van der Waals surface area (Å²) < 4.78 is 8.33. The van der Waals surface area contributed by atoms with E-state index in [4.69, 9.17) is 4.74 Å². The van der Waals surface area contributed by atoms with Crippen molar-refractivity contribution in [1.29, 1.82) is 0 Å². The molecule has 0 amide bonds. The Morgan fingerprint density at radius 2 is 2.06 bits per heavy atom. The summed E-state index contributed by atoms with van der Waals surface area (Å²) in [7, 11) is 0. The van der Waals surface area contributed by atoms with Crippen molar-refractivity contribution in [2.45, 2.75) is 19.9 Å². The lowest BCUT2D eigenvalue weighted by atomic mass is 10.0. The number of carbonyl (C=O) groups is 1. The molecule has 0 aliphatic carbocycles. The van der Waals surface area contributed by atoms with Crippen LogP contribution in [0.1, 0.15) is 30.3 Å². The van der Waals surface area contributed by atoms with Crippen LogP contribution in [0.5, 0.6) is 5.75 Å². The van der Waals surface area contributed by atoms with E-state index < -0.39 is 12.0 Å². The number of nitrogens with zero attached hydrogens (tertiary/aromatic N) is 2. The summed E-state index contributed by atoms with van der Waals surface area (Å²) in [5.41, 5.74) is 1.41. The minimum Gasteiger partial charge on any atom is -0.506 e. The van der Waals surface area contributed by atoms with Gasteiger partial charge in [-0.1, -0.05) is 17.4 Å². The van der Waals surface area contributed by atoms with Crippen LogP contribution < -0.4 is 14.9 Å². The first-order chi connectivity index (χ1) is 14.8. The predicted molar refractivity (Wildman–Crippen MR) is 128 cm³/mol. The normalized spacial score (nSPS) is 16.3. The van der Waals surface area contributed by atoms with E-state index in [-0.39, 0.29) is 17.9 Å². The predicted octanol–water partition coefficient (Wildman–Crippen LogP) is 4.09. The summed E-state index contributed by atoms with van der Waals surface area (Å²) in [6.45, 7) is 3.75. The SMILES string of the molecule is CCOC(=O)C1=C(C)N=c2s/c(=C/c3cc(Br)c(O)c(Br)c3)c(=O)n2C1c1cccs1. The van der Waals surface area contributed by atoms with Gasteiger partial charge in [0.2, 0.25) is 0 Å². The Morgan fingerprint density at radius 1 is 1.35 bits per heavy atom. The first kappa shape index (κ1) is 22.2. The Morgan fingerprint density at radius 3 is 2.68 bits per heavy atom. The molecule has 31 heavy (non-hydrogen) atoms. The third-order valence-electron chi connectivity index (χ3n) is 4.67. The number of aromatic nitrogens is 1. The highest BCUT2D eigenvalue weighted by Crippen LogP contribution is 2.34. The van der Waals surface area contributed by atoms with Gasteiger partial charge in [-0.25, -0.2) is 9.79 Å². The third kappa shape index (κ3) is 4.09. The van der Waals surface area contributed by atoms with Gasteiger partial charge in [-0.3, -0.25) is 9.36 Å². The average Bonchev–Trinajstić information content (AvgIpc) is 3.34. The molecule has 2 aromatic heterocycles. The molecule has 0 spiro atoms. The van der Waals surface area contributed by atoms with Crippen LogP contribution in [0.3, 0.4) is 0 Å². The zero-order valence-electron chi connectivity index (χ0n) is 16.4. The highest BCUT2D eigenvalue weighted by Gasteiger charge is 2.33. The Bertz CT molecular complexity index is 1360. The number of hydrogen-bond acceptors (Lipinski definition) is 7. The van der Waals surface area contributed by atoms with E-state index in [2.05, 4.69) is 36.9 Å². The third-order valence-corrected chi connectivity index (χ3v) is 7.78. The molecule has 0 fully saturated rings. The van der Waals surface area contributed by atoms with Gasteiger partial charge < -0.3 is 9.84 Å². The molecule has 0 saturated heterocycles. The number of aromatic hydroxyl groups is 1. The fraction of sp³-hybridized carbons (Fsp3) is 0.190. The van der Waals surface area contributed by atoms with E-state index in [1.807, 2.05) is 17.5 Å². The maximum atomic E-state index is 13.4. The maximum Gasteiger partial charge on any atom is 0.338 e. The van der Waals surface area contributed by atoms with Crippen molar-refractivity contribution in [3.05, 3.63) is 80.0 Å². The highest BCUT2D eigenvalue weighted by atomic mass is 79.9. The van der Waals surface area contributed by atoms with E-state index >= 15 is 0 Å². The Balaban J connectivity index is 1.94. The van der Waals surface area contributed by atoms with E-state index in [1.165, 1.54) is 22.7 Å². The van der Waals surface area contributed by atoms with E-state index in [1.54, 1.807) is 36.6 Å². The lowest BCUT2D eigenvalue weighted by Crippen LogP contribution is -2.39. The first-order valence-electron chi connectivity index (χ1n) is 9.23. The van der Waals surface area contributed by atoms with Gasteiger partial charge in [0.1, 0.15) is 11.8 Å². The summed E-state index contributed by atoms with van der Waals surface area (Å²) in [6, 6.07) is 6.66. The monoisotopic (exact) mass is 582 g/mol. The number of thiazole rings is 1. The smallest absolute Gasteiger partial charge is 0.338 e. The molecule has 1 aromatic carbocycles. The zero-order chi connectivity index (χ0) is 22.3. The van der Waals surface area contributed by atoms with E-state index in [9.17, 15) is 14.7 Å². The minimum atomic E-state index is -0.587. The van der Waals surface area contributed by atoms with Crippen LogP contribution in [-0.4, -0.2) is 22.2 Å². The number of phenols is 1. The van der Waals surface area contributed by atoms with Crippen molar-refractivity contribution < 1.29 is 14.6 Å². The molecular weight excluding hydrogens is 568 g/mol. The number of allylic oxidation sites excluding steroid dienone is 1. The van der Waals surface area contributed by atoms with Gasteiger partial charge in [0.15, 0.2) is 4.80 Å². The van der Waals surface area contributed by atoms with Crippen molar-refractivity contribution in [3.8, 4) is 5.75 Å². The Labute approximate surface area is 202 Å². The molecular formula is C21H16Br2N2O4S2. The van der Waals surface area contributed by atoms with Crippen molar-refractivity contribution in [3.63, 3.8) is 0 Å². The van der Waals surface area contributed by atoms with Crippen molar-refractivity contribution in [2.24, 2.45) is 4.99 Å². The minimum absolute atomic E-state index is 0.0889. The average molecular weight is 584 g/mol. The molecule has 1 aliphatic heterocycles. The highest BCUT2D eigenvalue weighted by molar-refractivity contribution is 9.11. The van der Waals surface area contributed by atoms with Gasteiger partial charge in [0.25, 0.3) is 5.56 Å². The molecule has 6 nitrogen and oxygen atoms in total. The van der Waals surface area contributed by atoms with Crippen LogP contribution in [0.2, 0.25) is 0 Å². The molecule has 1 N–H and O–H groups in total. The topological polar surface area (TPSA) is 80.9 Å². The quantitative estimate of drug-likeness (QED) is 0.469. The fourth-order valence-electron chi connectivity index (χ4n) is 3.33. The van der Waals surface area contributed by atoms with Crippen molar-refractivity contribution in [2.75, 3.05) is 6.61 Å². The second-order valence-corrected chi connectivity index (χ2v) is 10.3. The molecule has 1 unspecified atom stereocenters. The number of benzene rings is 1. The number of rotatable bonds is 4. The lowest BCUT2D eigenvalue weighted by Gasteiger charge is -2.23. The number of thiophene rings is 1. The van der Waals surface area contributed by atoms with Gasteiger partial charge in [-0.05, 0) is 80.9 Å². The fourth-order valence-corrected chi connectivity index (χ4v) is 6.42. The summed E-state index contributed by atoms with van der Waals surface area (Å²) in [5.74, 6) is -0.381. The summed E-state index contributed by atoms with van der Waals surface area (Å²) >= 11 is 9.36. The number of carbonyl (C=O) groups excluding carboxylic acids is 1. The van der Waals surface area contributed by atoms with Gasteiger partial charge in [-0.15, -0.1) is 11.3 Å². The molecule has 4 rings (SSSR count). The molecule has 10 heteroatoms. The van der Waals surface area contributed by atoms with Gasteiger partial charge in [-0.2, -0.15) is 0 Å². The maximum absolute atomic E-state index is 13.4. The molecule has 3 aromatic rings. The van der Waals surface area contributed by atoms with E-state index in [0.29, 0.717) is 29.5 Å². The number of ether oxygens (including phenoxy) is 1. The summed E-state index contributed by atoms with van der Waals surface area (Å²) in [4.78, 5) is 32.1. The number of fused-ring (bicyclic) bond motifs is 1. The number of halogens is 2. The van der Waals surface area contributed by atoms with Crippen LogP contribution in [0.15, 0.2) is 59.6 Å². The summed E-state index contributed by atoms with van der Waals surface area (Å²) in [5, 5.41) is 11.9. The van der Waals surface area contributed by atoms with Gasteiger partial charge in [0.05, 0.1) is 31.4 Å². The van der Waals surface area contributed by atoms with Crippen molar-refractivity contribution >= 4 is 66.6 Å². The zero-order valence-corrected chi connectivity index (χ0v) is 21.2. The summed E-state index contributed by atoms with van der Waals surface area (Å²) in [6.07, 6.45) is 1.74. The molecule has 0 bridgehead atoms. The second-order valence-electron chi connectivity index (χ2n) is 6.65. The van der Waals surface area contributed by atoms with E-state index in [0.717, 1.165) is 10.4 Å². The molecule has 0 radical (unpaired) electrons. The van der Waals surface area contributed by atoms with Crippen LogP contribution >= 0.6 is 54.5 Å². The molecule has 1 aliphatic rings. The Kier molecular flexibility index (Phi) is 6.34. The first-order valence-corrected chi connectivity index (χ1v) is 12.5. The van der Waals surface area contributed by atoms with Gasteiger partial charge in [0, 0.05) is 4.88 Å². The standard InChI is InChI=1S/C21H16Br2N2O4S2/c1-3-29-20(28)16-10(2)24-21-25(17(16)14-5-4-6-30-14)19(27)15(31-21)9-11-7-12(22)18(26)13(23)8-11/h4-9,17,26H,3H2,1-2H3/b15-9+. The van der Waals surface area contributed by atoms with Crippen LogP contribution in [-0.2, 0) is 9.53 Å². The van der Waals surface area contributed by atoms with Crippen molar-refractivity contribution in [1.82, 2.24) is 4.57 Å². The number of esters is 1. The second kappa shape index (κ2) is 8.85. The van der Waals surface area contributed by atoms with Crippen LogP contribution in [0.25, 0.3) is 6.08 Å². The molecule has 3 heterocycles. The largest absolute Gasteiger partial charge is 0.506 e. The molecule has 160 valence electrons. The Hall–Kier alpha value is -2.01. The van der Waals surface area contributed by atoms with Crippen LogP contribution in [0, 0.1) is 0 Å². The number of hydrogen-bond donors (Lipinski definition) is 1.